The van der Waals surface area contributed by atoms with E-state index in [2.05, 4.69) is 4.98 Å². The Hall–Kier alpha value is -1.06. The summed E-state index contributed by atoms with van der Waals surface area (Å²) in [7, 11) is 0. The number of fused-ring (bicyclic) bond motifs is 1. The van der Waals surface area contributed by atoms with Crippen LogP contribution in [-0.4, -0.2) is 9.38 Å². The standard InChI is InChI=1S/C12H14ClN3/c1-7-12(11(14)8-2-3-8)16-6-9(13)4-5-10(16)15-7/h4-6,8,11H,2-3,14H2,1H3. The molecular formula is C12H14ClN3. The molecule has 1 aliphatic rings. The predicted octanol–water partition coefficient (Wildman–Crippen LogP) is 2.71. The lowest BCUT2D eigenvalue weighted by Gasteiger charge is -2.11. The molecule has 0 spiro atoms. The van der Waals surface area contributed by atoms with Crippen LogP contribution in [0.3, 0.4) is 0 Å². The van der Waals surface area contributed by atoms with Crippen molar-refractivity contribution >= 4 is 17.2 Å². The van der Waals surface area contributed by atoms with Crippen LogP contribution in [-0.2, 0) is 0 Å². The molecule has 0 bridgehead atoms. The Morgan fingerprint density at radius 2 is 2.25 bits per heavy atom. The van der Waals surface area contributed by atoms with Gasteiger partial charge in [-0.1, -0.05) is 11.6 Å². The molecule has 2 aromatic rings. The van der Waals surface area contributed by atoms with Gasteiger partial charge in [-0.15, -0.1) is 0 Å². The molecule has 1 saturated carbocycles. The molecule has 3 rings (SSSR count). The lowest BCUT2D eigenvalue weighted by Crippen LogP contribution is -2.15. The predicted molar refractivity (Wildman–Crippen MR) is 64.6 cm³/mol. The number of imidazole rings is 1. The third-order valence-electron chi connectivity index (χ3n) is 3.25. The van der Waals surface area contributed by atoms with E-state index in [1.807, 2.05) is 29.7 Å². The summed E-state index contributed by atoms with van der Waals surface area (Å²) < 4.78 is 2.03. The number of aromatic nitrogens is 2. The molecule has 16 heavy (non-hydrogen) atoms. The Labute approximate surface area is 99.2 Å². The third-order valence-corrected chi connectivity index (χ3v) is 3.47. The van der Waals surface area contributed by atoms with Gasteiger partial charge >= 0.3 is 0 Å². The summed E-state index contributed by atoms with van der Waals surface area (Å²) in [5, 5.41) is 0.717. The maximum absolute atomic E-state index is 6.26. The van der Waals surface area contributed by atoms with E-state index < -0.39 is 0 Å². The van der Waals surface area contributed by atoms with Crippen LogP contribution < -0.4 is 5.73 Å². The lowest BCUT2D eigenvalue weighted by molar-refractivity contribution is 0.605. The van der Waals surface area contributed by atoms with Gasteiger partial charge in [-0.25, -0.2) is 4.98 Å². The quantitative estimate of drug-likeness (QED) is 0.870. The average molecular weight is 236 g/mol. The summed E-state index contributed by atoms with van der Waals surface area (Å²) in [6.45, 7) is 2.01. The van der Waals surface area contributed by atoms with E-state index in [9.17, 15) is 0 Å². The van der Waals surface area contributed by atoms with Crippen molar-refractivity contribution in [3.63, 3.8) is 0 Å². The number of nitrogens with two attached hydrogens (primary N) is 1. The van der Waals surface area contributed by atoms with Crippen LogP contribution in [0.15, 0.2) is 18.3 Å². The average Bonchev–Trinajstić information content (AvgIpc) is 3.01. The summed E-state index contributed by atoms with van der Waals surface area (Å²) in [6, 6.07) is 3.88. The van der Waals surface area contributed by atoms with E-state index >= 15 is 0 Å². The zero-order valence-electron chi connectivity index (χ0n) is 9.15. The molecule has 4 heteroatoms. The van der Waals surface area contributed by atoms with Gasteiger partial charge in [-0.2, -0.15) is 0 Å². The fourth-order valence-corrected chi connectivity index (χ4v) is 2.40. The molecule has 1 fully saturated rings. The minimum absolute atomic E-state index is 0.0912. The second kappa shape index (κ2) is 3.47. The minimum atomic E-state index is 0.0912. The zero-order chi connectivity index (χ0) is 11.3. The first-order valence-electron chi connectivity index (χ1n) is 5.56. The van der Waals surface area contributed by atoms with Crippen molar-refractivity contribution < 1.29 is 0 Å². The molecule has 0 aliphatic heterocycles. The van der Waals surface area contributed by atoms with E-state index in [-0.39, 0.29) is 6.04 Å². The van der Waals surface area contributed by atoms with Gasteiger partial charge in [0.1, 0.15) is 5.65 Å². The molecular weight excluding hydrogens is 222 g/mol. The second-order valence-corrected chi connectivity index (χ2v) is 4.96. The van der Waals surface area contributed by atoms with Gasteiger partial charge in [0.05, 0.1) is 22.5 Å². The molecule has 2 N–H and O–H groups in total. The summed E-state index contributed by atoms with van der Waals surface area (Å²) in [5.74, 6) is 0.623. The SMILES string of the molecule is Cc1nc2ccc(Cl)cn2c1C(N)C1CC1. The maximum Gasteiger partial charge on any atom is 0.137 e. The first-order valence-corrected chi connectivity index (χ1v) is 5.94. The molecule has 0 radical (unpaired) electrons. The fourth-order valence-electron chi connectivity index (χ4n) is 2.23. The minimum Gasteiger partial charge on any atom is -0.322 e. The molecule has 3 nitrogen and oxygen atoms in total. The summed E-state index contributed by atoms with van der Waals surface area (Å²) >= 11 is 6.01. The maximum atomic E-state index is 6.26. The van der Waals surface area contributed by atoms with Crippen LogP contribution >= 0.6 is 11.6 Å². The molecule has 0 aromatic carbocycles. The third kappa shape index (κ3) is 1.51. The molecule has 1 aliphatic carbocycles. The number of aryl methyl sites for hydroxylation is 1. The number of halogens is 1. The highest BCUT2D eigenvalue weighted by Gasteiger charge is 2.32. The normalized spacial score (nSPS) is 17.9. The molecule has 1 atom stereocenters. The molecule has 2 aromatic heterocycles. The van der Waals surface area contributed by atoms with Gasteiger partial charge in [0.25, 0.3) is 0 Å². The van der Waals surface area contributed by atoms with Gasteiger partial charge in [0.2, 0.25) is 0 Å². The number of pyridine rings is 1. The Morgan fingerprint density at radius 3 is 2.94 bits per heavy atom. The molecule has 2 heterocycles. The largest absolute Gasteiger partial charge is 0.322 e. The van der Waals surface area contributed by atoms with Crippen molar-refractivity contribution in [2.45, 2.75) is 25.8 Å². The number of hydrogen-bond donors (Lipinski definition) is 1. The van der Waals surface area contributed by atoms with Gasteiger partial charge in [0, 0.05) is 6.20 Å². The van der Waals surface area contributed by atoms with Gasteiger partial charge in [-0.05, 0) is 37.8 Å². The summed E-state index contributed by atoms with van der Waals surface area (Å²) in [4.78, 5) is 4.51. The molecule has 84 valence electrons. The fraction of sp³-hybridized carbons (Fsp3) is 0.417. The highest BCUT2D eigenvalue weighted by atomic mass is 35.5. The van der Waals surface area contributed by atoms with Crippen molar-refractivity contribution in [3.05, 3.63) is 34.7 Å². The van der Waals surface area contributed by atoms with E-state index in [0.717, 1.165) is 17.0 Å². The topological polar surface area (TPSA) is 43.3 Å². The van der Waals surface area contributed by atoms with Gasteiger partial charge in [0.15, 0.2) is 0 Å². The van der Waals surface area contributed by atoms with Crippen LogP contribution in [0.1, 0.15) is 30.3 Å². The monoisotopic (exact) mass is 235 g/mol. The van der Waals surface area contributed by atoms with Crippen LogP contribution in [0, 0.1) is 12.8 Å². The molecule has 0 saturated heterocycles. The highest BCUT2D eigenvalue weighted by molar-refractivity contribution is 6.30. The van der Waals surface area contributed by atoms with Gasteiger partial charge in [-0.3, -0.25) is 0 Å². The van der Waals surface area contributed by atoms with Crippen molar-refractivity contribution in [1.29, 1.82) is 0 Å². The zero-order valence-corrected chi connectivity index (χ0v) is 9.91. The summed E-state index contributed by atoms with van der Waals surface area (Å²) in [6.07, 6.45) is 4.36. The van der Waals surface area contributed by atoms with E-state index in [1.165, 1.54) is 12.8 Å². The van der Waals surface area contributed by atoms with Crippen LogP contribution in [0.4, 0.5) is 0 Å². The first kappa shape index (κ1) is 10.1. The van der Waals surface area contributed by atoms with E-state index in [4.69, 9.17) is 17.3 Å². The Bertz CT molecular complexity index is 542. The first-order chi connectivity index (χ1) is 7.66. The van der Waals surface area contributed by atoms with Crippen LogP contribution in [0.5, 0.6) is 0 Å². The number of nitrogens with zero attached hydrogens (tertiary/aromatic N) is 2. The smallest absolute Gasteiger partial charge is 0.137 e. The van der Waals surface area contributed by atoms with Crippen LogP contribution in [0.2, 0.25) is 5.02 Å². The van der Waals surface area contributed by atoms with Crippen molar-refractivity contribution in [3.8, 4) is 0 Å². The Balaban J connectivity index is 2.20. The van der Waals surface area contributed by atoms with Crippen molar-refractivity contribution in [2.75, 3.05) is 0 Å². The van der Waals surface area contributed by atoms with Crippen molar-refractivity contribution in [1.82, 2.24) is 9.38 Å². The second-order valence-electron chi connectivity index (χ2n) is 4.52. The van der Waals surface area contributed by atoms with E-state index in [1.54, 1.807) is 0 Å². The van der Waals surface area contributed by atoms with Gasteiger partial charge < -0.3 is 10.1 Å². The molecule has 0 amide bonds. The number of hydrogen-bond acceptors (Lipinski definition) is 2. The Morgan fingerprint density at radius 1 is 1.50 bits per heavy atom. The number of rotatable bonds is 2. The van der Waals surface area contributed by atoms with E-state index in [0.29, 0.717) is 10.9 Å². The van der Waals surface area contributed by atoms with Crippen LogP contribution in [0.25, 0.3) is 5.65 Å². The highest BCUT2D eigenvalue weighted by Crippen LogP contribution is 2.40. The molecule has 1 unspecified atom stereocenters. The van der Waals surface area contributed by atoms with Crippen molar-refractivity contribution in [2.24, 2.45) is 11.7 Å². The summed E-state index contributed by atoms with van der Waals surface area (Å²) in [5.41, 5.74) is 9.31. The lowest BCUT2D eigenvalue weighted by atomic mass is 10.1. The Kier molecular flexibility index (Phi) is 2.19.